The third kappa shape index (κ3) is 4.72. The molecule has 1 saturated heterocycles. The Morgan fingerprint density at radius 1 is 1.09 bits per heavy atom. The molecule has 7 nitrogen and oxygen atoms in total. The average molecular weight is 443 g/mol. The summed E-state index contributed by atoms with van der Waals surface area (Å²) in [4.78, 5) is 35.9. The van der Waals surface area contributed by atoms with Gasteiger partial charge in [0.1, 0.15) is 11.6 Å². The van der Waals surface area contributed by atoms with E-state index in [1.54, 1.807) is 12.4 Å². The van der Waals surface area contributed by atoms with Gasteiger partial charge in [0.2, 0.25) is 0 Å². The average Bonchev–Trinajstić information content (AvgIpc) is 2.88. The number of nitrogens with zero attached hydrogens (tertiary/aromatic N) is 6. The number of fused-ring (bicyclic) bond motifs is 1. The molecule has 0 bridgehead atoms. The monoisotopic (exact) mass is 442 g/mol. The fraction of sp³-hybridized carbons (Fsp3) is 0.423. The number of pyridine rings is 2. The van der Waals surface area contributed by atoms with Crippen LogP contribution in [0.4, 0.5) is 5.82 Å². The Hall–Kier alpha value is -3.35. The Balaban J connectivity index is 1.35. The Kier molecular flexibility index (Phi) is 6.28. The number of hydrogen-bond donors (Lipinski definition) is 0. The van der Waals surface area contributed by atoms with Crippen molar-refractivity contribution in [2.75, 3.05) is 31.1 Å². The molecule has 1 fully saturated rings. The maximum Gasteiger partial charge on any atom is 0.255 e. The highest BCUT2D eigenvalue weighted by Gasteiger charge is 2.30. The van der Waals surface area contributed by atoms with E-state index in [1.165, 1.54) is 5.56 Å². The van der Waals surface area contributed by atoms with Crippen molar-refractivity contribution in [1.82, 2.24) is 24.8 Å². The first-order chi connectivity index (χ1) is 16.2. The molecular formula is C26H30N6O. The van der Waals surface area contributed by atoms with Gasteiger partial charge >= 0.3 is 0 Å². The van der Waals surface area contributed by atoms with Crippen molar-refractivity contribution >= 4 is 11.7 Å². The number of carbonyl (C=O) groups excluding carboxylic acids is 1. The molecule has 33 heavy (non-hydrogen) atoms. The molecule has 1 atom stereocenters. The van der Waals surface area contributed by atoms with Crippen LogP contribution in [0.3, 0.4) is 0 Å². The summed E-state index contributed by atoms with van der Waals surface area (Å²) < 4.78 is 0. The summed E-state index contributed by atoms with van der Waals surface area (Å²) in [5.74, 6) is 2.15. The van der Waals surface area contributed by atoms with E-state index in [9.17, 15) is 4.79 Å². The molecule has 5 heterocycles. The number of carbonyl (C=O) groups is 1. The Morgan fingerprint density at radius 2 is 2.03 bits per heavy atom. The number of rotatable bonds is 5. The van der Waals surface area contributed by atoms with E-state index in [4.69, 9.17) is 9.97 Å². The molecule has 2 aliphatic heterocycles. The van der Waals surface area contributed by atoms with Gasteiger partial charge in [0.15, 0.2) is 0 Å². The Morgan fingerprint density at radius 3 is 2.85 bits per heavy atom. The zero-order chi connectivity index (χ0) is 22.6. The van der Waals surface area contributed by atoms with E-state index in [-0.39, 0.29) is 11.8 Å². The van der Waals surface area contributed by atoms with Crippen LogP contribution in [0.2, 0.25) is 0 Å². The summed E-state index contributed by atoms with van der Waals surface area (Å²) in [5, 5.41) is 0. The van der Waals surface area contributed by atoms with Gasteiger partial charge in [-0.15, -0.1) is 0 Å². The molecule has 0 aliphatic carbocycles. The van der Waals surface area contributed by atoms with Crippen LogP contribution >= 0.6 is 0 Å². The van der Waals surface area contributed by atoms with Crippen molar-refractivity contribution in [2.45, 2.75) is 44.9 Å². The van der Waals surface area contributed by atoms with Crippen LogP contribution in [-0.2, 0) is 12.8 Å². The van der Waals surface area contributed by atoms with E-state index >= 15 is 0 Å². The fourth-order valence-corrected chi connectivity index (χ4v) is 4.95. The molecule has 3 aromatic rings. The van der Waals surface area contributed by atoms with E-state index in [0.717, 1.165) is 74.8 Å². The Labute approximate surface area is 194 Å². The largest absolute Gasteiger partial charge is 0.356 e. The first kappa shape index (κ1) is 21.5. The fourth-order valence-electron chi connectivity index (χ4n) is 4.95. The quantitative estimate of drug-likeness (QED) is 0.601. The maximum atomic E-state index is 13.0. The number of likely N-dealkylation sites (tertiary alicyclic amines) is 1. The van der Waals surface area contributed by atoms with Gasteiger partial charge in [-0.05, 0) is 56.9 Å². The molecule has 0 N–H and O–H groups in total. The molecule has 5 rings (SSSR count). The molecule has 0 saturated carbocycles. The van der Waals surface area contributed by atoms with E-state index in [1.807, 2.05) is 35.4 Å². The predicted molar refractivity (Wildman–Crippen MR) is 127 cm³/mol. The van der Waals surface area contributed by atoms with Crippen LogP contribution in [0.5, 0.6) is 0 Å². The number of amides is 1. The highest BCUT2D eigenvalue weighted by molar-refractivity contribution is 5.94. The number of anilines is 1. The van der Waals surface area contributed by atoms with Gasteiger partial charge in [-0.3, -0.25) is 14.8 Å². The first-order valence-corrected chi connectivity index (χ1v) is 11.9. The van der Waals surface area contributed by atoms with Gasteiger partial charge in [0.25, 0.3) is 5.91 Å². The molecule has 7 heteroatoms. The van der Waals surface area contributed by atoms with Crippen molar-refractivity contribution in [2.24, 2.45) is 0 Å². The maximum absolute atomic E-state index is 13.0. The van der Waals surface area contributed by atoms with Crippen molar-refractivity contribution in [3.63, 3.8) is 0 Å². The SMILES string of the molecule is Cc1nc([C@@H]2CCCN(C(=O)c3cccnc3)C2)nc2c1CCCN2CCc1ccccn1. The van der Waals surface area contributed by atoms with Crippen LogP contribution in [0.1, 0.15) is 58.3 Å². The van der Waals surface area contributed by atoms with Crippen molar-refractivity contribution in [3.05, 3.63) is 77.3 Å². The zero-order valence-corrected chi connectivity index (χ0v) is 19.2. The van der Waals surface area contributed by atoms with Gasteiger partial charge in [0, 0.05) is 74.1 Å². The summed E-state index contributed by atoms with van der Waals surface area (Å²) in [6.07, 6.45) is 10.2. The van der Waals surface area contributed by atoms with Gasteiger partial charge in [0.05, 0.1) is 5.56 Å². The molecule has 0 aromatic carbocycles. The second kappa shape index (κ2) is 9.65. The van der Waals surface area contributed by atoms with Crippen LogP contribution in [-0.4, -0.2) is 56.9 Å². The van der Waals surface area contributed by atoms with Gasteiger partial charge in [-0.2, -0.15) is 0 Å². The van der Waals surface area contributed by atoms with Gasteiger partial charge < -0.3 is 9.80 Å². The smallest absolute Gasteiger partial charge is 0.255 e. The topological polar surface area (TPSA) is 75.1 Å². The second-order valence-electron chi connectivity index (χ2n) is 8.96. The minimum atomic E-state index is 0.0412. The minimum Gasteiger partial charge on any atom is -0.356 e. The van der Waals surface area contributed by atoms with Crippen LogP contribution in [0.25, 0.3) is 0 Å². The summed E-state index contributed by atoms with van der Waals surface area (Å²) in [6.45, 7) is 5.43. The number of aromatic nitrogens is 4. The minimum absolute atomic E-state index is 0.0412. The second-order valence-corrected chi connectivity index (χ2v) is 8.96. The normalized spacial score (nSPS) is 18.2. The molecule has 0 spiro atoms. The highest BCUT2D eigenvalue weighted by atomic mass is 16.2. The van der Waals surface area contributed by atoms with Gasteiger partial charge in [-0.1, -0.05) is 6.07 Å². The van der Waals surface area contributed by atoms with E-state index in [2.05, 4.69) is 27.9 Å². The number of hydrogen-bond acceptors (Lipinski definition) is 6. The van der Waals surface area contributed by atoms with Crippen molar-refractivity contribution in [1.29, 1.82) is 0 Å². The summed E-state index contributed by atoms with van der Waals surface area (Å²) in [6, 6.07) is 9.72. The van der Waals surface area contributed by atoms with Crippen LogP contribution in [0, 0.1) is 6.92 Å². The molecule has 2 aliphatic rings. The Bertz CT molecular complexity index is 1100. The molecule has 0 radical (unpaired) electrons. The van der Waals surface area contributed by atoms with Crippen LogP contribution < -0.4 is 4.90 Å². The van der Waals surface area contributed by atoms with Crippen molar-refractivity contribution in [3.8, 4) is 0 Å². The molecule has 170 valence electrons. The lowest BCUT2D eigenvalue weighted by atomic mass is 9.95. The standard InChI is InChI=1S/C26H30N6O/c1-19-23-10-6-14-31(16-11-22-9-2-3-13-28-22)25(23)30-24(29-19)21-8-5-15-32(18-21)26(33)20-7-4-12-27-17-20/h2-4,7,9,12-13,17,21H,5-6,8,10-11,14-16,18H2,1H3/t21-/m1/s1. The van der Waals surface area contributed by atoms with E-state index < -0.39 is 0 Å². The lowest BCUT2D eigenvalue weighted by Gasteiger charge is -2.34. The first-order valence-electron chi connectivity index (χ1n) is 11.9. The summed E-state index contributed by atoms with van der Waals surface area (Å²) in [7, 11) is 0. The zero-order valence-electron chi connectivity index (χ0n) is 19.2. The molecule has 0 unspecified atom stereocenters. The lowest BCUT2D eigenvalue weighted by molar-refractivity contribution is 0.0704. The van der Waals surface area contributed by atoms with Crippen LogP contribution in [0.15, 0.2) is 48.9 Å². The number of piperidine rings is 1. The summed E-state index contributed by atoms with van der Waals surface area (Å²) >= 11 is 0. The molecular weight excluding hydrogens is 412 g/mol. The molecule has 3 aromatic heterocycles. The third-order valence-electron chi connectivity index (χ3n) is 6.71. The summed E-state index contributed by atoms with van der Waals surface area (Å²) in [5.41, 5.74) is 4.09. The lowest BCUT2D eigenvalue weighted by Crippen LogP contribution is -2.40. The third-order valence-corrected chi connectivity index (χ3v) is 6.71. The predicted octanol–water partition coefficient (Wildman–Crippen LogP) is 3.59. The number of aryl methyl sites for hydroxylation is 1. The van der Waals surface area contributed by atoms with Gasteiger partial charge in [-0.25, -0.2) is 9.97 Å². The molecule has 1 amide bonds. The van der Waals surface area contributed by atoms with E-state index in [0.29, 0.717) is 12.1 Å². The highest BCUT2D eigenvalue weighted by Crippen LogP contribution is 2.32. The van der Waals surface area contributed by atoms with Crippen molar-refractivity contribution < 1.29 is 4.79 Å².